The maximum absolute atomic E-state index is 5.08. The third-order valence-electron chi connectivity index (χ3n) is 4.72. The van der Waals surface area contributed by atoms with Crippen LogP contribution in [0.25, 0.3) is 0 Å². The van der Waals surface area contributed by atoms with Gasteiger partial charge in [0.15, 0.2) is 5.96 Å². The Kier molecular flexibility index (Phi) is 11.9. The molecule has 0 spiro atoms. The van der Waals surface area contributed by atoms with Gasteiger partial charge in [0, 0.05) is 46.9 Å². The lowest BCUT2D eigenvalue weighted by Crippen LogP contribution is -2.42. The number of piperidine rings is 1. The topological polar surface area (TPSA) is 52.1 Å². The van der Waals surface area contributed by atoms with E-state index in [4.69, 9.17) is 4.74 Å². The van der Waals surface area contributed by atoms with Crippen LogP contribution in [-0.2, 0) is 4.74 Å². The average molecular weight is 342 g/mol. The first-order valence-corrected chi connectivity index (χ1v) is 9.50. The molecular formula is C18H39N5O. The number of guanidine groups is 1. The second kappa shape index (κ2) is 13.4. The van der Waals surface area contributed by atoms with Crippen molar-refractivity contribution in [3.63, 3.8) is 0 Å². The number of rotatable bonds is 11. The van der Waals surface area contributed by atoms with Crippen molar-refractivity contribution in [3.05, 3.63) is 0 Å². The molecule has 1 heterocycles. The van der Waals surface area contributed by atoms with Crippen LogP contribution in [0.2, 0.25) is 0 Å². The monoisotopic (exact) mass is 341 g/mol. The third kappa shape index (κ3) is 10.1. The summed E-state index contributed by atoms with van der Waals surface area (Å²) in [5.74, 6) is 1.82. The van der Waals surface area contributed by atoms with Gasteiger partial charge in [-0.1, -0.05) is 6.92 Å². The van der Waals surface area contributed by atoms with Gasteiger partial charge in [-0.15, -0.1) is 0 Å². The summed E-state index contributed by atoms with van der Waals surface area (Å²) in [7, 11) is 5.74. The van der Waals surface area contributed by atoms with E-state index in [1.54, 1.807) is 7.11 Å². The van der Waals surface area contributed by atoms with Crippen LogP contribution in [0.1, 0.15) is 32.6 Å². The van der Waals surface area contributed by atoms with E-state index in [0.29, 0.717) is 0 Å². The van der Waals surface area contributed by atoms with Crippen LogP contribution in [0.15, 0.2) is 4.99 Å². The van der Waals surface area contributed by atoms with Crippen LogP contribution in [0, 0.1) is 5.92 Å². The van der Waals surface area contributed by atoms with E-state index in [2.05, 4.69) is 39.4 Å². The van der Waals surface area contributed by atoms with Crippen LogP contribution in [0.5, 0.6) is 0 Å². The maximum atomic E-state index is 5.08. The second-order valence-electron chi connectivity index (χ2n) is 6.95. The van der Waals surface area contributed by atoms with Crippen molar-refractivity contribution >= 4 is 5.96 Å². The first-order chi connectivity index (χ1) is 11.7. The predicted molar refractivity (Wildman–Crippen MR) is 103 cm³/mol. The summed E-state index contributed by atoms with van der Waals surface area (Å²) >= 11 is 0. The Morgan fingerprint density at radius 3 is 2.54 bits per heavy atom. The first-order valence-electron chi connectivity index (χ1n) is 9.50. The predicted octanol–water partition coefficient (Wildman–Crippen LogP) is 1.24. The zero-order valence-electron chi connectivity index (χ0n) is 16.3. The molecule has 0 atom stereocenters. The van der Waals surface area contributed by atoms with Crippen molar-refractivity contribution in [2.75, 3.05) is 73.6 Å². The highest BCUT2D eigenvalue weighted by Crippen LogP contribution is 2.15. The van der Waals surface area contributed by atoms with E-state index >= 15 is 0 Å². The summed E-state index contributed by atoms with van der Waals surface area (Å²) in [5, 5.41) is 6.80. The van der Waals surface area contributed by atoms with Crippen LogP contribution in [0.3, 0.4) is 0 Å². The molecule has 0 aliphatic carbocycles. The molecule has 0 amide bonds. The number of ether oxygens (including phenoxy) is 1. The van der Waals surface area contributed by atoms with E-state index in [1.165, 1.54) is 38.9 Å². The van der Waals surface area contributed by atoms with Gasteiger partial charge in [0.25, 0.3) is 0 Å². The van der Waals surface area contributed by atoms with Crippen molar-refractivity contribution in [2.24, 2.45) is 10.9 Å². The smallest absolute Gasteiger partial charge is 0.191 e. The van der Waals surface area contributed by atoms with Crippen molar-refractivity contribution in [3.8, 4) is 0 Å². The summed E-state index contributed by atoms with van der Waals surface area (Å²) in [4.78, 5) is 9.20. The zero-order chi connectivity index (χ0) is 17.6. The van der Waals surface area contributed by atoms with Gasteiger partial charge in [-0.25, -0.2) is 0 Å². The van der Waals surface area contributed by atoms with Crippen molar-refractivity contribution < 1.29 is 4.74 Å². The lowest BCUT2D eigenvalue weighted by Gasteiger charge is -2.30. The lowest BCUT2D eigenvalue weighted by atomic mass is 9.99. The minimum absolute atomic E-state index is 0.830. The molecule has 1 saturated heterocycles. The molecule has 142 valence electrons. The summed E-state index contributed by atoms with van der Waals surface area (Å²) in [5.41, 5.74) is 0. The van der Waals surface area contributed by atoms with Crippen molar-refractivity contribution in [1.82, 2.24) is 20.4 Å². The summed E-state index contributed by atoms with van der Waals surface area (Å²) in [6.07, 6.45) is 4.96. The average Bonchev–Trinajstić information content (AvgIpc) is 2.59. The van der Waals surface area contributed by atoms with E-state index in [-0.39, 0.29) is 0 Å². The van der Waals surface area contributed by atoms with Gasteiger partial charge < -0.3 is 25.2 Å². The van der Waals surface area contributed by atoms with Gasteiger partial charge in [0.2, 0.25) is 0 Å². The van der Waals surface area contributed by atoms with Crippen LogP contribution in [-0.4, -0.2) is 89.4 Å². The quantitative estimate of drug-likeness (QED) is 0.336. The number of hydrogen-bond acceptors (Lipinski definition) is 4. The largest absolute Gasteiger partial charge is 0.385 e. The Morgan fingerprint density at radius 2 is 1.88 bits per heavy atom. The number of methoxy groups -OCH3 is 1. The number of nitrogens with one attached hydrogen (secondary N) is 2. The van der Waals surface area contributed by atoms with Crippen molar-refractivity contribution in [1.29, 1.82) is 0 Å². The second-order valence-corrected chi connectivity index (χ2v) is 6.95. The zero-order valence-corrected chi connectivity index (χ0v) is 16.3. The minimum atomic E-state index is 0.830. The van der Waals surface area contributed by atoms with Gasteiger partial charge in [-0.2, -0.15) is 0 Å². The number of hydrogen-bond donors (Lipinski definition) is 2. The molecular weight excluding hydrogens is 302 g/mol. The van der Waals surface area contributed by atoms with E-state index in [0.717, 1.165) is 51.1 Å². The lowest BCUT2D eigenvalue weighted by molar-refractivity contribution is 0.180. The maximum Gasteiger partial charge on any atom is 0.191 e. The van der Waals surface area contributed by atoms with E-state index in [9.17, 15) is 0 Å². The SMILES string of the molecule is CN=C(NCCCN1CCC(C)CC1)NCCN(C)CCCOC. The Bertz CT molecular complexity index is 329. The Morgan fingerprint density at radius 1 is 1.17 bits per heavy atom. The highest BCUT2D eigenvalue weighted by Gasteiger charge is 2.14. The molecule has 1 rings (SSSR count). The van der Waals surface area contributed by atoms with Crippen LogP contribution in [0.4, 0.5) is 0 Å². The molecule has 0 aromatic rings. The number of aliphatic imine (C=N–C) groups is 1. The van der Waals surface area contributed by atoms with Crippen LogP contribution < -0.4 is 10.6 Å². The molecule has 0 bridgehead atoms. The molecule has 1 aliphatic heterocycles. The highest BCUT2D eigenvalue weighted by atomic mass is 16.5. The fourth-order valence-electron chi connectivity index (χ4n) is 2.97. The minimum Gasteiger partial charge on any atom is -0.385 e. The van der Waals surface area contributed by atoms with E-state index in [1.807, 2.05) is 7.05 Å². The van der Waals surface area contributed by atoms with Gasteiger partial charge in [0.1, 0.15) is 0 Å². The fraction of sp³-hybridized carbons (Fsp3) is 0.944. The Labute approximate surface area is 149 Å². The van der Waals surface area contributed by atoms with Gasteiger partial charge in [-0.05, 0) is 58.3 Å². The van der Waals surface area contributed by atoms with Gasteiger partial charge in [-0.3, -0.25) is 4.99 Å². The summed E-state index contributed by atoms with van der Waals surface area (Å²) in [6, 6.07) is 0. The molecule has 1 fully saturated rings. The van der Waals surface area contributed by atoms with Crippen LogP contribution >= 0.6 is 0 Å². The van der Waals surface area contributed by atoms with E-state index < -0.39 is 0 Å². The molecule has 6 heteroatoms. The molecule has 0 unspecified atom stereocenters. The molecule has 6 nitrogen and oxygen atoms in total. The molecule has 1 aliphatic rings. The fourth-order valence-corrected chi connectivity index (χ4v) is 2.97. The third-order valence-corrected chi connectivity index (χ3v) is 4.72. The molecule has 0 radical (unpaired) electrons. The number of likely N-dealkylation sites (N-methyl/N-ethyl adjacent to an activating group) is 1. The standard InChI is InChI=1S/C18H39N5O/c1-17-7-13-23(14-8-17)12-5-9-20-18(19-2)21-10-15-22(3)11-6-16-24-4/h17H,5-16H2,1-4H3,(H2,19,20,21). The Balaban J connectivity index is 2.02. The summed E-state index contributed by atoms with van der Waals surface area (Å²) < 4.78 is 5.08. The van der Waals surface area contributed by atoms with Gasteiger partial charge >= 0.3 is 0 Å². The normalized spacial score (nSPS) is 17.5. The highest BCUT2D eigenvalue weighted by molar-refractivity contribution is 5.79. The molecule has 0 aromatic carbocycles. The molecule has 0 saturated carbocycles. The number of likely N-dealkylation sites (tertiary alicyclic amines) is 1. The molecule has 0 aromatic heterocycles. The molecule has 2 N–H and O–H groups in total. The van der Waals surface area contributed by atoms with Gasteiger partial charge in [0.05, 0.1) is 0 Å². The van der Waals surface area contributed by atoms with Crippen molar-refractivity contribution in [2.45, 2.75) is 32.6 Å². The molecule has 24 heavy (non-hydrogen) atoms. The number of nitrogens with zero attached hydrogens (tertiary/aromatic N) is 3. The Hall–Kier alpha value is -0.850. The summed E-state index contributed by atoms with van der Waals surface area (Å²) in [6.45, 7) is 10.9. The first kappa shape index (κ1) is 21.2.